The van der Waals surface area contributed by atoms with Gasteiger partial charge in [-0.15, -0.1) is 0 Å². The predicted molar refractivity (Wildman–Crippen MR) is 115 cm³/mol. The lowest BCUT2D eigenvalue weighted by Crippen LogP contribution is -2.20. The molecule has 4 aromatic rings. The minimum absolute atomic E-state index is 0.00659. The third-order valence-corrected chi connectivity index (χ3v) is 5.23. The summed E-state index contributed by atoms with van der Waals surface area (Å²) >= 11 is 5.97. The van der Waals surface area contributed by atoms with Gasteiger partial charge in [-0.3, -0.25) is 9.78 Å². The second-order valence-corrected chi connectivity index (χ2v) is 7.46. The maximum Gasteiger partial charge on any atom is 0.417 e. The number of nitrogen functional groups attached to an aromatic ring is 1. The van der Waals surface area contributed by atoms with Crippen LogP contribution < -0.4 is 5.73 Å². The van der Waals surface area contributed by atoms with Crippen molar-refractivity contribution in [2.24, 2.45) is 0 Å². The summed E-state index contributed by atoms with van der Waals surface area (Å²) < 4.78 is 60.8. The molecule has 0 bridgehead atoms. The number of nitrogens with zero attached hydrogens (tertiary/aromatic N) is 3. The molecule has 2 N–H and O–H groups in total. The number of anilines is 1. The fraction of sp³-hybridized carbons (Fsp3) is 0.0909. The number of fused-ring (bicyclic) bond motifs is 1. The van der Waals surface area contributed by atoms with Crippen LogP contribution in [-0.2, 0) is 10.9 Å². The van der Waals surface area contributed by atoms with E-state index in [-0.39, 0.29) is 33.5 Å². The summed E-state index contributed by atoms with van der Waals surface area (Å²) in [5.74, 6) is -2.89. The fourth-order valence-electron chi connectivity index (χ4n) is 3.39. The van der Waals surface area contributed by atoms with Crippen LogP contribution in [0.15, 0.2) is 48.7 Å². The molecule has 2 heterocycles. The van der Waals surface area contributed by atoms with Gasteiger partial charge in [0.15, 0.2) is 0 Å². The van der Waals surface area contributed by atoms with Gasteiger partial charge in [-0.2, -0.15) is 23.0 Å². The van der Waals surface area contributed by atoms with E-state index in [1.165, 1.54) is 24.4 Å². The molecule has 34 heavy (non-hydrogen) atoms. The van der Waals surface area contributed by atoms with Crippen LogP contribution in [0.2, 0.25) is 5.02 Å². The minimum atomic E-state index is -4.88. The highest BCUT2D eigenvalue weighted by atomic mass is 35.5. The van der Waals surface area contributed by atoms with E-state index >= 15 is 0 Å². The van der Waals surface area contributed by atoms with Crippen LogP contribution in [0.25, 0.3) is 22.3 Å². The lowest BCUT2D eigenvalue weighted by Gasteiger charge is -2.13. The Hall–Kier alpha value is -3.99. The number of hydrogen-bond donors (Lipinski definition) is 1. The molecule has 0 fully saturated rings. The first-order chi connectivity index (χ1) is 16.0. The summed E-state index contributed by atoms with van der Waals surface area (Å²) in [6.07, 6.45) is -3.66. The van der Waals surface area contributed by atoms with Crippen molar-refractivity contribution in [2.75, 3.05) is 12.8 Å². The average molecular weight is 493 g/mol. The van der Waals surface area contributed by atoms with Crippen molar-refractivity contribution >= 4 is 40.2 Å². The molecule has 0 saturated carbocycles. The van der Waals surface area contributed by atoms with Crippen LogP contribution >= 0.6 is 11.6 Å². The highest BCUT2D eigenvalue weighted by molar-refractivity contribution is 6.34. The van der Waals surface area contributed by atoms with Gasteiger partial charge < -0.3 is 10.5 Å². The van der Waals surface area contributed by atoms with Crippen LogP contribution in [0, 0.1) is 5.82 Å². The van der Waals surface area contributed by atoms with Crippen molar-refractivity contribution in [3.8, 4) is 11.3 Å². The third-order valence-electron chi connectivity index (χ3n) is 4.91. The van der Waals surface area contributed by atoms with Crippen molar-refractivity contribution in [3.05, 3.63) is 76.2 Å². The molecule has 12 heteroatoms. The Morgan fingerprint density at radius 1 is 1.15 bits per heavy atom. The summed E-state index contributed by atoms with van der Waals surface area (Å²) in [6, 6.07) is 7.56. The van der Waals surface area contributed by atoms with Crippen molar-refractivity contribution < 1.29 is 31.9 Å². The summed E-state index contributed by atoms with van der Waals surface area (Å²) in [7, 11) is 1.13. The number of hydrogen-bond acceptors (Lipinski definition) is 6. The summed E-state index contributed by atoms with van der Waals surface area (Å²) in [5.41, 5.74) is 3.29. The lowest BCUT2D eigenvalue weighted by molar-refractivity contribution is -0.137. The Balaban J connectivity index is 1.96. The van der Waals surface area contributed by atoms with Gasteiger partial charge in [0.1, 0.15) is 17.0 Å². The predicted octanol–water partition coefficient (Wildman–Crippen LogP) is 4.97. The van der Waals surface area contributed by atoms with Gasteiger partial charge in [0.25, 0.3) is 5.91 Å². The van der Waals surface area contributed by atoms with Crippen LogP contribution in [0.3, 0.4) is 0 Å². The molecule has 0 aliphatic heterocycles. The van der Waals surface area contributed by atoms with Gasteiger partial charge in [-0.1, -0.05) is 17.7 Å². The smallest absolute Gasteiger partial charge is 0.417 e. The number of methoxy groups -OCH3 is 1. The summed E-state index contributed by atoms with van der Waals surface area (Å²) in [4.78, 5) is 29.0. The number of nitrogens with two attached hydrogens (primary N) is 1. The van der Waals surface area contributed by atoms with E-state index in [4.69, 9.17) is 17.3 Å². The normalized spacial score (nSPS) is 11.6. The number of pyridine rings is 1. The van der Waals surface area contributed by atoms with Crippen LogP contribution in [0.5, 0.6) is 0 Å². The molecular formula is C22H13ClF4N4O3. The number of alkyl halides is 3. The van der Waals surface area contributed by atoms with E-state index in [1.54, 1.807) is 0 Å². The number of carbonyl (C=O) groups is 2. The number of rotatable bonds is 3. The Kier molecular flexibility index (Phi) is 5.74. The largest absolute Gasteiger partial charge is 0.465 e. The van der Waals surface area contributed by atoms with Crippen LogP contribution in [0.1, 0.15) is 26.3 Å². The number of esters is 1. The van der Waals surface area contributed by atoms with E-state index in [2.05, 4.69) is 14.8 Å². The zero-order valence-electron chi connectivity index (χ0n) is 17.2. The van der Waals surface area contributed by atoms with Crippen LogP contribution in [0.4, 0.5) is 23.2 Å². The van der Waals surface area contributed by atoms with Crippen molar-refractivity contribution in [3.63, 3.8) is 0 Å². The van der Waals surface area contributed by atoms with Gasteiger partial charge in [0, 0.05) is 5.56 Å². The number of aromatic nitrogens is 3. The zero-order chi connectivity index (χ0) is 24.8. The van der Waals surface area contributed by atoms with Crippen molar-refractivity contribution in [2.45, 2.75) is 6.18 Å². The fourth-order valence-corrected chi connectivity index (χ4v) is 3.64. The van der Waals surface area contributed by atoms with Crippen LogP contribution in [-0.4, -0.2) is 33.8 Å². The van der Waals surface area contributed by atoms with E-state index in [0.29, 0.717) is 10.7 Å². The number of ether oxygens (including phenoxy) is 1. The van der Waals surface area contributed by atoms with E-state index < -0.39 is 40.0 Å². The Labute approximate surface area is 193 Å². The second-order valence-electron chi connectivity index (χ2n) is 7.05. The molecule has 2 aromatic heterocycles. The first-order valence-electron chi connectivity index (χ1n) is 9.45. The van der Waals surface area contributed by atoms with E-state index in [1.807, 2.05) is 0 Å². The van der Waals surface area contributed by atoms with Gasteiger partial charge in [-0.05, 0) is 36.4 Å². The molecule has 7 nitrogen and oxygen atoms in total. The summed E-state index contributed by atoms with van der Waals surface area (Å²) in [6.45, 7) is 0. The molecule has 2 aromatic carbocycles. The first-order valence-corrected chi connectivity index (χ1v) is 9.83. The maximum atomic E-state index is 14.9. The van der Waals surface area contributed by atoms with Gasteiger partial charge in [-0.25, -0.2) is 9.18 Å². The molecule has 0 spiro atoms. The minimum Gasteiger partial charge on any atom is -0.465 e. The van der Waals surface area contributed by atoms with E-state index in [0.717, 1.165) is 25.3 Å². The Morgan fingerprint density at radius 2 is 1.88 bits per heavy atom. The molecule has 0 atom stereocenters. The third kappa shape index (κ3) is 3.94. The highest BCUT2D eigenvalue weighted by Gasteiger charge is 2.37. The molecule has 0 saturated heterocycles. The second kappa shape index (κ2) is 8.41. The lowest BCUT2D eigenvalue weighted by atomic mass is 10.1. The molecule has 4 rings (SSSR count). The standard InChI is InChI=1S/C22H13ClF4N4O3/c1-34-21(33)10-5-6-12(15(24)7-10)18-19-16(8-11(28)9-29-19)31(30-18)20(32)17-13(22(25,26)27)3-2-4-14(17)23/h2-9H,28H2,1H3. The van der Waals surface area contributed by atoms with Gasteiger partial charge in [0.2, 0.25) is 0 Å². The first kappa shape index (κ1) is 23.2. The summed E-state index contributed by atoms with van der Waals surface area (Å²) in [5, 5.41) is 3.62. The SMILES string of the molecule is COC(=O)c1ccc(-c2nn(C(=O)c3c(Cl)cccc3C(F)(F)F)c3cc(N)cnc23)c(F)c1. The monoisotopic (exact) mass is 492 g/mol. The topological polar surface area (TPSA) is 100 Å². The van der Waals surface area contributed by atoms with E-state index in [9.17, 15) is 27.2 Å². The van der Waals surface area contributed by atoms with Gasteiger partial charge in [0.05, 0.1) is 46.2 Å². The molecule has 0 amide bonds. The molecule has 0 aliphatic rings. The number of carbonyl (C=O) groups excluding carboxylic acids is 2. The number of halogens is 5. The molecule has 0 unspecified atom stereocenters. The molecular weight excluding hydrogens is 480 g/mol. The van der Waals surface area contributed by atoms with Crippen molar-refractivity contribution in [1.29, 1.82) is 0 Å². The average Bonchev–Trinajstić information content (AvgIpc) is 3.15. The zero-order valence-corrected chi connectivity index (χ0v) is 17.9. The molecule has 0 radical (unpaired) electrons. The number of benzene rings is 2. The molecule has 0 aliphatic carbocycles. The van der Waals surface area contributed by atoms with Gasteiger partial charge >= 0.3 is 12.1 Å². The Bertz CT molecular complexity index is 1470. The van der Waals surface area contributed by atoms with Crippen molar-refractivity contribution in [1.82, 2.24) is 14.8 Å². The Morgan fingerprint density at radius 3 is 2.53 bits per heavy atom. The highest BCUT2D eigenvalue weighted by Crippen LogP contribution is 2.37. The maximum absolute atomic E-state index is 14.9. The molecule has 174 valence electrons. The quantitative estimate of drug-likeness (QED) is 0.320.